The van der Waals surface area contributed by atoms with Gasteiger partial charge in [-0.1, -0.05) is 43.3 Å². The number of hydrogen-bond acceptors (Lipinski definition) is 5. The van der Waals surface area contributed by atoms with E-state index in [1.165, 1.54) is 22.4 Å². The Morgan fingerprint density at radius 1 is 1.40 bits per heavy atom. The van der Waals surface area contributed by atoms with Crippen LogP contribution < -0.4 is 11.3 Å². The zero-order valence-corrected chi connectivity index (χ0v) is 12.0. The molecule has 0 bridgehead atoms. The second kappa shape index (κ2) is 6.38. The molecule has 2 aromatic rings. The molecule has 0 spiro atoms. The molecule has 3 N–H and O–H groups in total. The Balaban J connectivity index is 2.36. The Labute approximate surface area is 121 Å². The molecule has 20 heavy (non-hydrogen) atoms. The monoisotopic (exact) mass is 288 g/mol. The van der Waals surface area contributed by atoms with Crippen molar-refractivity contribution in [3.8, 4) is 0 Å². The van der Waals surface area contributed by atoms with E-state index < -0.39 is 0 Å². The van der Waals surface area contributed by atoms with Crippen LogP contribution in [0.5, 0.6) is 0 Å². The fourth-order valence-corrected chi connectivity index (χ4v) is 2.69. The largest absolute Gasteiger partial charge is 0.369 e. The highest BCUT2D eigenvalue weighted by Gasteiger charge is 2.12. The lowest BCUT2D eigenvalue weighted by Crippen LogP contribution is -2.23. The van der Waals surface area contributed by atoms with Crippen LogP contribution in [-0.4, -0.2) is 14.7 Å². The minimum absolute atomic E-state index is 0.0642. The molecule has 0 aliphatic heterocycles. The van der Waals surface area contributed by atoms with E-state index in [1.54, 1.807) is 0 Å². The van der Waals surface area contributed by atoms with Crippen LogP contribution in [-0.2, 0) is 6.42 Å². The van der Waals surface area contributed by atoms with Crippen molar-refractivity contribution in [2.75, 3.05) is 5.73 Å². The zero-order chi connectivity index (χ0) is 14.5. The van der Waals surface area contributed by atoms with Gasteiger partial charge in [-0.3, -0.25) is 14.8 Å². The molecule has 0 atom stereocenters. The van der Waals surface area contributed by atoms with Crippen LogP contribution in [0.25, 0.3) is 0 Å². The summed E-state index contributed by atoms with van der Waals surface area (Å²) in [6, 6.07) is 11.0. The number of anilines is 1. The molecule has 0 radical (unpaired) electrons. The van der Waals surface area contributed by atoms with Crippen molar-refractivity contribution in [3.05, 3.63) is 52.4 Å². The first-order valence-electron chi connectivity index (χ1n) is 6.32. The van der Waals surface area contributed by atoms with Gasteiger partial charge in [-0.15, -0.1) is 0 Å². The van der Waals surface area contributed by atoms with Crippen molar-refractivity contribution in [1.29, 1.82) is 5.41 Å². The summed E-state index contributed by atoms with van der Waals surface area (Å²) < 4.78 is 1.53. The van der Waals surface area contributed by atoms with Crippen LogP contribution in [0, 0.1) is 5.41 Å². The first-order chi connectivity index (χ1) is 9.61. The third-order valence-electron chi connectivity index (χ3n) is 2.70. The van der Waals surface area contributed by atoms with Crippen LogP contribution in [0.3, 0.4) is 0 Å². The highest BCUT2D eigenvalue weighted by molar-refractivity contribution is 8.13. The minimum Gasteiger partial charge on any atom is -0.369 e. The van der Waals surface area contributed by atoms with Gasteiger partial charge in [0, 0.05) is 16.7 Å². The van der Waals surface area contributed by atoms with E-state index in [4.69, 9.17) is 11.1 Å². The molecule has 0 amide bonds. The number of nitrogens with zero attached hydrogens (tertiary/aromatic N) is 2. The summed E-state index contributed by atoms with van der Waals surface area (Å²) in [6.45, 7) is 2.01. The number of nitrogens with one attached hydrogen (secondary N) is 1. The Kier molecular flexibility index (Phi) is 4.57. The van der Waals surface area contributed by atoms with E-state index >= 15 is 0 Å². The highest BCUT2D eigenvalue weighted by atomic mass is 32.2. The van der Waals surface area contributed by atoms with Crippen molar-refractivity contribution in [2.24, 2.45) is 0 Å². The van der Waals surface area contributed by atoms with E-state index in [1.807, 2.05) is 37.3 Å². The van der Waals surface area contributed by atoms with E-state index in [9.17, 15) is 4.79 Å². The third kappa shape index (κ3) is 3.27. The molecule has 104 valence electrons. The van der Waals surface area contributed by atoms with Crippen LogP contribution in [0.1, 0.15) is 19.0 Å². The number of benzene rings is 1. The SMILES string of the molecule is CCCc1cc(=O)nc(N)n1C(=N)Sc1ccccc1. The topological polar surface area (TPSA) is 84.8 Å². The number of aryl methyl sites for hydroxylation is 1. The summed E-state index contributed by atoms with van der Waals surface area (Å²) in [7, 11) is 0. The van der Waals surface area contributed by atoms with Gasteiger partial charge in [-0.2, -0.15) is 4.98 Å². The summed E-state index contributed by atoms with van der Waals surface area (Å²) >= 11 is 1.28. The summed E-state index contributed by atoms with van der Waals surface area (Å²) in [5.41, 5.74) is 6.16. The van der Waals surface area contributed by atoms with Gasteiger partial charge in [0.05, 0.1) is 0 Å². The first kappa shape index (κ1) is 14.3. The van der Waals surface area contributed by atoms with Crippen LogP contribution in [0.2, 0.25) is 0 Å². The van der Waals surface area contributed by atoms with Crippen LogP contribution in [0.4, 0.5) is 5.95 Å². The normalized spacial score (nSPS) is 10.4. The van der Waals surface area contributed by atoms with Crippen molar-refractivity contribution in [3.63, 3.8) is 0 Å². The molecule has 5 nitrogen and oxygen atoms in total. The molecule has 1 heterocycles. The molecular formula is C14H16N4OS. The van der Waals surface area contributed by atoms with Crippen LogP contribution in [0.15, 0.2) is 46.1 Å². The fraction of sp³-hybridized carbons (Fsp3) is 0.214. The number of nitrogens with two attached hydrogens (primary N) is 1. The van der Waals surface area contributed by atoms with E-state index in [0.29, 0.717) is 6.42 Å². The number of aromatic nitrogens is 2. The third-order valence-corrected chi connectivity index (χ3v) is 3.58. The number of thioether (sulfide) groups is 1. The maximum atomic E-state index is 11.4. The summed E-state index contributed by atoms with van der Waals surface area (Å²) in [4.78, 5) is 16.1. The molecule has 0 fully saturated rings. The molecule has 6 heteroatoms. The van der Waals surface area contributed by atoms with Gasteiger partial charge in [0.2, 0.25) is 5.95 Å². The van der Waals surface area contributed by atoms with Gasteiger partial charge in [0.1, 0.15) is 0 Å². The highest BCUT2D eigenvalue weighted by Crippen LogP contribution is 2.21. The lowest BCUT2D eigenvalue weighted by atomic mass is 10.2. The number of hydrogen-bond donors (Lipinski definition) is 2. The summed E-state index contributed by atoms with van der Waals surface area (Å²) in [5, 5.41) is 8.44. The van der Waals surface area contributed by atoms with Gasteiger partial charge in [-0.05, 0) is 18.6 Å². The van der Waals surface area contributed by atoms with Gasteiger partial charge >= 0.3 is 0 Å². The van der Waals surface area contributed by atoms with Crippen molar-refractivity contribution >= 4 is 22.9 Å². The summed E-state index contributed by atoms with van der Waals surface area (Å²) in [6.07, 6.45) is 1.55. The lowest BCUT2D eigenvalue weighted by Gasteiger charge is -2.15. The maximum absolute atomic E-state index is 11.4. The second-order valence-electron chi connectivity index (χ2n) is 4.25. The average molecular weight is 288 g/mol. The summed E-state index contributed by atoms with van der Waals surface area (Å²) in [5.74, 6) is 0.0642. The molecule has 0 aliphatic rings. The Morgan fingerprint density at radius 3 is 2.75 bits per heavy atom. The Bertz CT molecular complexity index is 667. The van der Waals surface area contributed by atoms with E-state index in [-0.39, 0.29) is 16.7 Å². The van der Waals surface area contributed by atoms with Gasteiger partial charge in [-0.25, -0.2) is 0 Å². The fourth-order valence-electron chi connectivity index (χ4n) is 1.87. The van der Waals surface area contributed by atoms with Crippen molar-refractivity contribution in [1.82, 2.24) is 9.55 Å². The zero-order valence-electron chi connectivity index (χ0n) is 11.2. The molecule has 2 rings (SSSR count). The Hall–Kier alpha value is -2.08. The number of rotatable bonds is 3. The predicted octanol–water partition coefficient (Wildman–Crippen LogP) is 2.35. The average Bonchev–Trinajstić information content (AvgIpc) is 2.39. The van der Waals surface area contributed by atoms with E-state index in [2.05, 4.69) is 4.98 Å². The van der Waals surface area contributed by atoms with Crippen molar-refractivity contribution < 1.29 is 0 Å². The van der Waals surface area contributed by atoms with Gasteiger partial charge < -0.3 is 5.73 Å². The number of nitrogen functional groups attached to an aromatic ring is 1. The first-order valence-corrected chi connectivity index (χ1v) is 7.13. The predicted molar refractivity (Wildman–Crippen MR) is 82.3 cm³/mol. The van der Waals surface area contributed by atoms with Gasteiger partial charge in [0.15, 0.2) is 5.17 Å². The van der Waals surface area contributed by atoms with Gasteiger partial charge in [0.25, 0.3) is 5.56 Å². The molecule has 1 aromatic carbocycles. The maximum Gasteiger partial charge on any atom is 0.274 e. The molecule has 0 saturated carbocycles. The second-order valence-corrected chi connectivity index (χ2v) is 5.31. The minimum atomic E-state index is -0.361. The molecule has 0 unspecified atom stereocenters. The standard InChI is InChI=1S/C14H16N4OS/c1-2-6-10-9-12(19)17-13(15)18(10)14(16)20-11-7-4-3-5-8-11/h3-5,7-9,16H,2,6H2,1H3,(H2,15,17,19). The smallest absolute Gasteiger partial charge is 0.274 e. The van der Waals surface area contributed by atoms with Crippen LogP contribution >= 0.6 is 11.8 Å². The molecular weight excluding hydrogens is 272 g/mol. The van der Waals surface area contributed by atoms with Crippen molar-refractivity contribution in [2.45, 2.75) is 24.7 Å². The quantitative estimate of drug-likeness (QED) is 0.516. The Morgan fingerprint density at radius 2 is 2.10 bits per heavy atom. The molecule has 1 aromatic heterocycles. The lowest BCUT2D eigenvalue weighted by molar-refractivity contribution is 0.835. The van der Waals surface area contributed by atoms with E-state index in [0.717, 1.165) is 17.0 Å². The molecule has 0 saturated heterocycles. The molecule has 0 aliphatic carbocycles.